The van der Waals surface area contributed by atoms with Crippen LogP contribution in [0.3, 0.4) is 0 Å². The first-order valence-electron chi connectivity index (χ1n) is 6.88. The van der Waals surface area contributed by atoms with Crippen LogP contribution in [0.15, 0.2) is 42.5 Å². The minimum absolute atomic E-state index is 0.156. The second kappa shape index (κ2) is 5.20. The van der Waals surface area contributed by atoms with Crippen molar-refractivity contribution in [1.82, 2.24) is 0 Å². The third-order valence-corrected chi connectivity index (χ3v) is 3.61. The summed E-state index contributed by atoms with van der Waals surface area (Å²) >= 11 is 0. The van der Waals surface area contributed by atoms with Gasteiger partial charge in [0.2, 0.25) is 0 Å². The minimum Gasteiger partial charge on any atom is -0.479 e. The number of hydrogen-bond donors (Lipinski definition) is 0. The summed E-state index contributed by atoms with van der Waals surface area (Å²) < 4.78 is 19.5. The Hall–Kier alpha value is -2.36. The molecule has 0 aromatic heterocycles. The first-order chi connectivity index (χ1) is 10.1. The average molecular weight is 285 g/mol. The molecule has 21 heavy (non-hydrogen) atoms. The van der Waals surface area contributed by atoms with E-state index < -0.39 is 6.10 Å². The molecule has 3 nitrogen and oxygen atoms in total. The third-order valence-electron chi connectivity index (χ3n) is 3.61. The first kappa shape index (κ1) is 13.6. The minimum atomic E-state index is -0.563. The van der Waals surface area contributed by atoms with Gasteiger partial charge in [-0.05, 0) is 37.6 Å². The van der Waals surface area contributed by atoms with E-state index in [1.807, 2.05) is 25.1 Å². The van der Waals surface area contributed by atoms with Crippen LogP contribution in [0.25, 0.3) is 0 Å². The highest BCUT2D eigenvalue weighted by atomic mass is 19.1. The van der Waals surface area contributed by atoms with Crippen molar-refractivity contribution in [1.29, 1.82) is 0 Å². The largest absolute Gasteiger partial charge is 0.479 e. The molecule has 0 radical (unpaired) electrons. The van der Waals surface area contributed by atoms with Gasteiger partial charge in [0, 0.05) is 5.56 Å². The molecule has 0 N–H and O–H groups in total. The van der Waals surface area contributed by atoms with Crippen molar-refractivity contribution in [2.75, 3.05) is 4.90 Å². The molecule has 4 heteroatoms. The number of carbonyl (C=O) groups is 1. The number of amides is 1. The summed E-state index contributed by atoms with van der Waals surface area (Å²) in [4.78, 5) is 14.0. The second-order valence-corrected chi connectivity index (χ2v) is 5.25. The number of anilines is 1. The van der Waals surface area contributed by atoms with E-state index in [-0.39, 0.29) is 18.3 Å². The molecule has 0 fully saturated rings. The normalized spacial score (nSPS) is 17.4. The van der Waals surface area contributed by atoms with Crippen LogP contribution in [-0.4, -0.2) is 12.0 Å². The van der Waals surface area contributed by atoms with Gasteiger partial charge in [-0.1, -0.05) is 24.3 Å². The highest BCUT2D eigenvalue weighted by Gasteiger charge is 2.31. The lowest BCUT2D eigenvalue weighted by Gasteiger charge is -2.33. The van der Waals surface area contributed by atoms with Crippen LogP contribution in [0.1, 0.15) is 18.1 Å². The van der Waals surface area contributed by atoms with Crippen molar-refractivity contribution < 1.29 is 13.9 Å². The van der Waals surface area contributed by atoms with Crippen LogP contribution >= 0.6 is 0 Å². The van der Waals surface area contributed by atoms with Gasteiger partial charge < -0.3 is 9.64 Å². The molecule has 108 valence electrons. The van der Waals surface area contributed by atoms with Gasteiger partial charge in [0.05, 0.1) is 12.2 Å². The zero-order valence-electron chi connectivity index (χ0n) is 12.0. The molecule has 0 saturated heterocycles. The van der Waals surface area contributed by atoms with E-state index in [0.717, 1.165) is 5.56 Å². The van der Waals surface area contributed by atoms with Crippen molar-refractivity contribution >= 4 is 11.6 Å². The Balaban J connectivity index is 2.03. The molecule has 1 atom stereocenters. The molecule has 2 aromatic rings. The Labute approximate surface area is 123 Å². The molecule has 2 aromatic carbocycles. The highest BCUT2D eigenvalue weighted by molar-refractivity contribution is 5.99. The van der Waals surface area contributed by atoms with Crippen molar-refractivity contribution in [2.45, 2.75) is 26.5 Å². The Morgan fingerprint density at radius 1 is 1.24 bits per heavy atom. The molecule has 0 aliphatic carbocycles. The standard InChI is InChI=1S/C17H16FNO2/c1-11-7-8-16-15(9-11)19(17(20)12(2)21-16)10-13-5-3-4-6-14(13)18/h3-9,12H,10H2,1-2H3/t12-/m1/s1. The summed E-state index contributed by atoms with van der Waals surface area (Å²) in [5, 5.41) is 0. The number of hydrogen-bond acceptors (Lipinski definition) is 2. The number of halogens is 1. The number of carbonyl (C=O) groups excluding carboxylic acids is 1. The zero-order chi connectivity index (χ0) is 15.0. The van der Waals surface area contributed by atoms with Gasteiger partial charge in [-0.2, -0.15) is 0 Å². The Morgan fingerprint density at radius 2 is 2.00 bits per heavy atom. The molecular formula is C17H16FNO2. The maximum atomic E-state index is 13.9. The maximum absolute atomic E-state index is 13.9. The van der Waals surface area contributed by atoms with Gasteiger partial charge in [0.15, 0.2) is 6.10 Å². The monoisotopic (exact) mass is 285 g/mol. The molecule has 0 saturated carbocycles. The molecule has 1 aliphatic heterocycles. The molecule has 3 rings (SSSR count). The van der Waals surface area contributed by atoms with E-state index in [1.54, 1.807) is 30.0 Å². The third kappa shape index (κ3) is 2.49. The molecule has 0 unspecified atom stereocenters. The lowest BCUT2D eigenvalue weighted by atomic mass is 10.1. The van der Waals surface area contributed by atoms with Crippen LogP contribution in [0.4, 0.5) is 10.1 Å². The van der Waals surface area contributed by atoms with E-state index in [9.17, 15) is 9.18 Å². The van der Waals surface area contributed by atoms with Gasteiger partial charge >= 0.3 is 0 Å². The molecule has 1 heterocycles. The first-order valence-corrected chi connectivity index (χ1v) is 6.88. The number of benzene rings is 2. The average Bonchev–Trinajstić information content (AvgIpc) is 2.46. The summed E-state index contributed by atoms with van der Waals surface area (Å²) in [6.45, 7) is 3.86. The zero-order valence-corrected chi connectivity index (χ0v) is 12.0. The van der Waals surface area contributed by atoms with Crippen molar-refractivity contribution in [2.24, 2.45) is 0 Å². The van der Waals surface area contributed by atoms with E-state index in [2.05, 4.69) is 0 Å². The van der Waals surface area contributed by atoms with Crippen LogP contribution in [-0.2, 0) is 11.3 Å². The van der Waals surface area contributed by atoms with Crippen molar-refractivity contribution in [3.05, 3.63) is 59.4 Å². The number of fused-ring (bicyclic) bond motifs is 1. The Morgan fingerprint density at radius 3 is 2.76 bits per heavy atom. The smallest absolute Gasteiger partial charge is 0.268 e. The van der Waals surface area contributed by atoms with E-state index in [0.29, 0.717) is 17.0 Å². The van der Waals surface area contributed by atoms with Crippen LogP contribution < -0.4 is 9.64 Å². The van der Waals surface area contributed by atoms with Crippen LogP contribution in [0.5, 0.6) is 5.75 Å². The van der Waals surface area contributed by atoms with Crippen LogP contribution in [0, 0.1) is 12.7 Å². The number of rotatable bonds is 2. The fourth-order valence-corrected chi connectivity index (χ4v) is 2.48. The summed E-state index contributed by atoms with van der Waals surface area (Å²) in [5.41, 5.74) is 2.21. The van der Waals surface area contributed by atoms with Gasteiger partial charge in [-0.15, -0.1) is 0 Å². The number of nitrogens with zero attached hydrogens (tertiary/aromatic N) is 1. The van der Waals surface area contributed by atoms with Crippen molar-refractivity contribution in [3.8, 4) is 5.75 Å². The SMILES string of the molecule is Cc1ccc2c(c1)N(Cc1ccccc1F)C(=O)[C@@H](C)O2. The van der Waals surface area contributed by atoms with Gasteiger partial charge in [-0.25, -0.2) is 4.39 Å². The van der Waals surface area contributed by atoms with Crippen LogP contribution in [0.2, 0.25) is 0 Å². The fraction of sp³-hybridized carbons (Fsp3) is 0.235. The molecular weight excluding hydrogens is 269 g/mol. The lowest BCUT2D eigenvalue weighted by Crippen LogP contribution is -2.44. The molecule has 1 amide bonds. The van der Waals surface area contributed by atoms with E-state index in [4.69, 9.17) is 4.74 Å². The molecule has 0 bridgehead atoms. The van der Waals surface area contributed by atoms with Gasteiger partial charge in [0.25, 0.3) is 5.91 Å². The van der Waals surface area contributed by atoms with E-state index >= 15 is 0 Å². The van der Waals surface area contributed by atoms with Crippen molar-refractivity contribution in [3.63, 3.8) is 0 Å². The number of ether oxygens (including phenoxy) is 1. The highest BCUT2D eigenvalue weighted by Crippen LogP contribution is 2.35. The lowest BCUT2D eigenvalue weighted by molar-refractivity contribution is -0.125. The Bertz CT molecular complexity index is 699. The summed E-state index contributed by atoms with van der Waals surface area (Å²) in [5.74, 6) is 0.194. The molecule has 1 aliphatic rings. The molecule has 0 spiro atoms. The summed E-state index contributed by atoms with van der Waals surface area (Å²) in [6.07, 6.45) is -0.563. The van der Waals surface area contributed by atoms with Gasteiger partial charge in [0.1, 0.15) is 11.6 Å². The van der Waals surface area contributed by atoms with E-state index in [1.165, 1.54) is 6.07 Å². The predicted molar refractivity (Wildman–Crippen MR) is 78.9 cm³/mol. The maximum Gasteiger partial charge on any atom is 0.268 e. The fourth-order valence-electron chi connectivity index (χ4n) is 2.48. The Kier molecular flexibility index (Phi) is 3.37. The second-order valence-electron chi connectivity index (χ2n) is 5.25. The summed E-state index contributed by atoms with van der Waals surface area (Å²) in [6, 6.07) is 12.2. The quantitative estimate of drug-likeness (QED) is 0.846. The van der Waals surface area contributed by atoms with Gasteiger partial charge in [-0.3, -0.25) is 4.79 Å². The predicted octanol–water partition coefficient (Wildman–Crippen LogP) is 3.45. The topological polar surface area (TPSA) is 29.5 Å². The summed E-state index contributed by atoms with van der Waals surface area (Å²) in [7, 11) is 0. The number of aryl methyl sites for hydroxylation is 1.